The summed E-state index contributed by atoms with van der Waals surface area (Å²) in [6.45, 7) is 1.56. The number of hydrogen-bond donors (Lipinski definition) is 2. The Morgan fingerprint density at radius 3 is 2.73 bits per heavy atom. The highest BCUT2D eigenvalue weighted by atomic mass is 16.3. The van der Waals surface area contributed by atoms with Crippen LogP contribution in [0.3, 0.4) is 0 Å². The Bertz CT molecular complexity index is 468. The third kappa shape index (κ3) is 1.98. The summed E-state index contributed by atoms with van der Waals surface area (Å²) in [5.74, 6) is 0. The molecular formula is C12H13NO2. The van der Waals surface area contributed by atoms with E-state index in [9.17, 15) is 10.2 Å². The van der Waals surface area contributed by atoms with E-state index >= 15 is 0 Å². The van der Waals surface area contributed by atoms with Crippen molar-refractivity contribution in [2.75, 3.05) is 0 Å². The molecule has 0 aliphatic rings. The van der Waals surface area contributed by atoms with Crippen LogP contribution in [-0.2, 0) is 0 Å². The van der Waals surface area contributed by atoms with Gasteiger partial charge in [-0.25, -0.2) is 0 Å². The molecule has 3 nitrogen and oxygen atoms in total. The molecule has 0 amide bonds. The number of pyridine rings is 1. The second-order valence-corrected chi connectivity index (χ2v) is 3.64. The Morgan fingerprint density at radius 1 is 1.20 bits per heavy atom. The van der Waals surface area contributed by atoms with Crippen LogP contribution in [0.4, 0.5) is 0 Å². The lowest BCUT2D eigenvalue weighted by molar-refractivity contribution is 0.0306. The van der Waals surface area contributed by atoms with E-state index in [4.69, 9.17) is 0 Å². The largest absolute Gasteiger partial charge is 0.390 e. The lowest BCUT2D eigenvalue weighted by Crippen LogP contribution is -2.13. The first-order valence-corrected chi connectivity index (χ1v) is 4.89. The Balaban J connectivity index is 2.47. The quantitative estimate of drug-likeness (QED) is 0.780. The number of aromatic nitrogens is 1. The molecule has 2 atom stereocenters. The Morgan fingerprint density at radius 2 is 2.00 bits per heavy atom. The number of hydrogen-bond acceptors (Lipinski definition) is 3. The van der Waals surface area contributed by atoms with Gasteiger partial charge in [0.05, 0.1) is 11.6 Å². The fraction of sp³-hybridized carbons (Fsp3) is 0.250. The number of rotatable bonds is 2. The van der Waals surface area contributed by atoms with Gasteiger partial charge < -0.3 is 10.2 Å². The molecule has 0 aliphatic carbocycles. The van der Waals surface area contributed by atoms with Gasteiger partial charge in [0.25, 0.3) is 0 Å². The van der Waals surface area contributed by atoms with Crippen molar-refractivity contribution in [3.05, 3.63) is 42.1 Å². The van der Waals surface area contributed by atoms with Gasteiger partial charge in [0.2, 0.25) is 0 Å². The molecule has 0 bridgehead atoms. The summed E-state index contributed by atoms with van der Waals surface area (Å²) < 4.78 is 0. The molecule has 1 heterocycles. The average Bonchev–Trinajstić information content (AvgIpc) is 2.27. The van der Waals surface area contributed by atoms with Crippen LogP contribution in [-0.4, -0.2) is 21.3 Å². The van der Waals surface area contributed by atoms with E-state index in [0.717, 1.165) is 10.9 Å². The number of fused-ring (bicyclic) bond motifs is 1. The van der Waals surface area contributed by atoms with Gasteiger partial charge in [-0.2, -0.15) is 0 Å². The van der Waals surface area contributed by atoms with Crippen molar-refractivity contribution in [3.63, 3.8) is 0 Å². The number of aliphatic hydroxyl groups excluding tert-OH is 2. The number of nitrogens with zero attached hydrogens (tertiary/aromatic N) is 1. The van der Waals surface area contributed by atoms with Gasteiger partial charge in [0.15, 0.2) is 0 Å². The zero-order valence-electron chi connectivity index (χ0n) is 8.46. The summed E-state index contributed by atoms with van der Waals surface area (Å²) in [6.07, 6.45) is 0.0866. The summed E-state index contributed by atoms with van der Waals surface area (Å²) in [5.41, 5.74) is 1.52. The standard InChI is InChI=1S/C12H13NO2/c1-8(14)12(15)10-5-4-9-3-2-6-13-11(9)7-10/h2-8,12,14-15H,1H3. The fourth-order valence-corrected chi connectivity index (χ4v) is 1.55. The number of benzene rings is 1. The SMILES string of the molecule is CC(O)C(O)c1ccc2cccnc2c1. The molecule has 1 aromatic carbocycles. The maximum atomic E-state index is 9.68. The molecule has 2 unspecified atom stereocenters. The van der Waals surface area contributed by atoms with E-state index in [-0.39, 0.29) is 0 Å². The summed E-state index contributed by atoms with van der Waals surface area (Å²) in [7, 11) is 0. The Hall–Kier alpha value is -1.45. The van der Waals surface area contributed by atoms with Crippen molar-refractivity contribution in [1.82, 2.24) is 4.98 Å². The predicted molar refractivity (Wildman–Crippen MR) is 58.4 cm³/mol. The van der Waals surface area contributed by atoms with E-state index in [2.05, 4.69) is 4.98 Å². The minimum atomic E-state index is -0.851. The predicted octanol–water partition coefficient (Wildman–Crippen LogP) is 1.65. The first kappa shape index (κ1) is 10.1. The molecule has 1 aromatic heterocycles. The molecule has 2 rings (SSSR count). The van der Waals surface area contributed by atoms with Crippen molar-refractivity contribution < 1.29 is 10.2 Å². The maximum absolute atomic E-state index is 9.68. The Labute approximate surface area is 88.0 Å². The molecule has 78 valence electrons. The highest BCUT2D eigenvalue weighted by molar-refractivity contribution is 5.78. The molecule has 0 spiro atoms. The van der Waals surface area contributed by atoms with Crippen LogP contribution in [0.1, 0.15) is 18.6 Å². The third-order valence-electron chi connectivity index (χ3n) is 2.43. The van der Waals surface area contributed by atoms with Crippen LogP contribution >= 0.6 is 0 Å². The highest BCUT2D eigenvalue weighted by Crippen LogP contribution is 2.20. The van der Waals surface area contributed by atoms with Crippen molar-refractivity contribution >= 4 is 10.9 Å². The summed E-state index contributed by atoms with van der Waals surface area (Å²) in [5, 5.41) is 20.0. The van der Waals surface area contributed by atoms with Crippen LogP contribution in [0.15, 0.2) is 36.5 Å². The number of aliphatic hydroxyl groups is 2. The maximum Gasteiger partial charge on any atom is 0.105 e. The molecule has 2 N–H and O–H groups in total. The third-order valence-corrected chi connectivity index (χ3v) is 2.43. The van der Waals surface area contributed by atoms with Crippen LogP contribution in [0.5, 0.6) is 0 Å². The van der Waals surface area contributed by atoms with Gasteiger partial charge in [0, 0.05) is 11.6 Å². The van der Waals surface area contributed by atoms with Crippen molar-refractivity contribution in [2.24, 2.45) is 0 Å². The lowest BCUT2D eigenvalue weighted by Gasteiger charge is -2.14. The monoisotopic (exact) mass is 203 g/mol. The van der Waals surface area contributed by atoms with Crippen molar-refractivity contribution in [1.29, 1.82) is 0 Å². The summed E-state index contributed by atoms with van der Waals surface area (Å²) in [6, 6.07) is 9.32. The summed E-state index contributed by atoms with van der Waals surface area (Å²) >= 11 is 0. The molecular weight excluding hydrogens is 190 g/mol. The molecule has 0 radical (unpaired) electrons. The van der Waals surface area contributed by atoms with Crippen LogP contribution < -0.4 is 0 Å². The minimum Gasteiger partial charge on any atom is -0.390 e. The highest BCUT2D eigenvalue weighted by Gasteiger charge is 2.13. The summed E-state index contributed by atoms with van der Waals surface area (Å²) in [4.78, 5) is 4.19. The normalized spacial score (nSPS) is 15.1. The molecule has 0 saturated carbocycles. The van der Waals surface area contributed by atoms with Gasteiger partial charge in [-0.15, -0.1) is 0 Å². The van der Waals surface area contributed by atoms with Gasteiger partial charge in [-0.05, 0) is 24.6 Å². The second-order valence-electron chi connectivity index (χ2n) is 3.64. The fourth-order valence-electron chi connectivity index (χ4n) is 1.55. The van der Waals surface area contributed by atoms with Gasteiger partial charge in [-0.1, -0.05) is 18.2 Å². The molecule has 0 saturated heterocycles. The van der Waals surface area contributed by atoms with Gasteiger partial charge >= 0.3 is 0 Å². The van der Waals surface area contributed by atoms with E-state index < -0.39 is 12.2 Å². The van der Waals surface area contributed by atoms with E-state index in [0.29, 0.717) is 5.56 Å². The molecule has 3 heteroatoms. The van der Waals surface area contributed by atoms with Crippen LogP contribution in [0.2, 0.25) is 0 Å². The first-order chi connectivity index (χ1) is 7.18. The van der Waals surface area contributed by atoms with Crippen LogP contribution in [0.25, 0.3) is 10.9 Å². The first-order valence-electron chi connectivity index (χ1n) is 4.89. The van der Waals surface area contributed by atoms with E-state index in [1.807, 2.05) is 18.2 Å². The van der Waals surface area contributed by atoms with E-state index in [1.54, 1.807) is 25.3 Å². The van der Waals surface area contributed by atoms with Crippen LogP contribution in [0, 0.1) is 0 Å². The molecule has 0 fully saturated rings. The average molecular weight is 203 g/mol. The smallest absolute Gasteiger partial charge is 0.105 e. The molecule has 2 aromatic rings. The topological polar surface area (TPSA) is 53.4 Å². The molecule has 15 heavy (non-hydrogen) atoms. The lowest BCUT2D eigenvalue weighted by atomic mass is 10.0. The zero-order chi connectivity index (χ0) is 10.8. The molecule has 0 aliphatic heterocycles. The van der Waals surface area contributed by atoms with E-state index in [1.165, 1.54) is 0 Å². The van der Waals surface area contributed by atoms with Crippen molar-refractivity contribution in [2.45, 2.75) is 19.1 Å². The van der Waals surface area contributed by atoms with Gasteiger partial charge in [0.1, 0.15) is 6.10 Å². The van der Waals surface area contributed by atoms with Gasteiger partial charge in [-0.3, -0.25) is 4.98 Å². The second kappa shape index (κ2) is 3.96. The zero-order valence-corrected chi connectivity index (χ0v) is 8.46. The Kier molecular flexibility index (Phi) is 2.66. The van der Waals surface area contributed by atoms with Crippen molar-refractivity contribution in [3.8, 4) is 0 Å². The minimum absolute atomic E-state index is 0.691.